The van der Waals surface area contributed by atoms with Gasteiger partial charge in [-0.05, 0) is 55.9 Å². The van der Waals surface area contributed by atoms with Crippen molar-refractivity contribution in [2.24, 2.45) is 11.8 Å². The number of rotatable bonds is 6. The largest absolute Gasteiger partial charge is 0.455 e. The van der Waals surface area contributed by atoms with Crippen molar-refractivity contribution in [2.45, 2.75) is 76.0 Å². The molecule has 3 amide bonds. The van der Waals surface area contributed by atoms with Crippen molar-refractivity contribution in [1.82, 2.24) is 9.80 Å². The van der Waals surface area contributed by atoms with Gasteiger partial charge in [0.1, 0.15) is 23.7 Å². The first-order chi connectivity index (χ1) is 25.6. The fraction of sp³-hybridized carbons (Fsp3) is 0.395. The molecule has 2 fully saturated rings. The van der Waals surface area contributed by atoms with E-state index in [0.29, 0.717) is 12.0 Å². The van der Waals surface area contributed by atoms with Crippen LogP contribution in [0.1, 0.15) is 48.1 Å². The summed E-state index contributed by atoms with van der Waals surface area (Å²) in [6, 6.07) is 22.1. The smallest absolute Gasteiger partial charge is 0.313 e. The summed E-state index contributed by atoms with van der Waals surface area (Å²) in [6.45, 7) is 5.55. The quantitative estimate of drug-likeness (QED) is 0.286. The molecule has 0 bridgehead atoms. The fourth-order valence-electron chi connectivity index (χ4n) is 8.79. The van der Waals surface area contributed by atoms with Gasteiger partial charge in [0.2, 0.25) is 11.8 Å². The maximum absolute atomic E-state index is 15.2. The van der Waals surface area contributed by atoms with Crippen LogP contribution in [0.4, 0.5) is 5.69 Å². The minimum atomic E-state index is -1.55. The average Bonchev–Trinajstić information content (AvgIpc) is 3.56. The molecule has 0 saturated carbocycles. The van der Waals surface area contributed by atoms with Crippen LogP contribution in [-0.4, -0.2) is 88.6 Å². The van der Waals surface area contributed by atoms with Crippen LogP contribution in [0.25, 0.3) is 0 Å². The topological polar surface area (TPSA) is 117 Å². The highest BCUT2D eigenvalue weighted by Gasteiger charge is 2.72. The van der Waals surface area contributed by atoms with Gasteiger partial charge in [-0.3, -0.25) is 19.2 Å². The molecule has 10 nitrogen and oxygen atoms in total. The van der Waals surface area contributed by atoms with Crippen LogP contribution in [0.3, 0.4) is 0 Å². The molecule has 3 aromatic rings. The second-order valence-corrected chi connectivity index (χ2v) is 14.7. The molecule has 1 N–H and O–H groups in total. The Balaban J connectivity index is 1.37. The number of likely N-dealkylation sites (tertiary alicyclic amines) is 1. The van der Waals surface area contributed by atoms with Crippen LogP contribution in [0, 0.1) is 25.7 Å². The summed E-state index contributed by atoms with van der Waals surface area (Å²) in [5, 5.41) is 11.0. The Bertz CT molecular complexity index is 1910. The average molecular weight is 718 g/mol. The van der Waals surface area contributed by atoms with Crippen LogP contribution in [-0.2, 0) is 35.1 Å². The molecular weight excluding hydrogens is 670 g/mol. The zero-order valence-electron chi connectivity index (χ0n) is 30.6. The Morgan fingerprint density at radius 1 is 0.887 bits per heavy atom. The third kappa shape index (κ3) is 6.38. The molecule has 0 aromatic heterocycles. The Morgan fingerprint density at radius 2 is 1.57 bits per heavy atom. The molecule has 0 unspecified atom stereocenters. The van der Waals surface area contributed by atoms with Crippen molar-refractivity contribution >= 4 is 29.4 Å². The number of amides is 3. The number of fused-ring (bicyclic) bond motifs is 2. The number of benzene rings is 3. The highest BCUT2D eigenvalue weighted by molar-refractivity contribution is 6.06. The number of carbonyl (C=O) groups is 4. The Labute approximate surface area is 310 Å². The fourth-order valence-corrected chi connectivity index (χ4v) is 8.79. The molecule has 53 heavy (non-hydrogen) atoms. The van der Waals surface area contributed by atoms with Gasteiger partial charge in [-0.1, -0.05) is 103 Å². The van der Waals surface area contributed by atoms with E-state index in [1.54, 1.807) is 29.0 Å². The molecule has 1 spiro atoms. The number of hydrogen-bond acceptors (Lipinski definition) is 7. The first kappa shape index (κ1) is 36.3. The van der Waals surface area contributed by atoms with E-state index < -0.39 is 66.3 Å². The number of ether oxygens (including phenoxy) is 2. The highest BCUT2D eigenvalue weighted by Crippen LogP contribution is 2.54. The lowest BCUT2D eigenvalue weighted by Gasteiger charge is -2.39. The maximum Gasteiger partial charge on any atom is 0.313 e. The van der Waals surface area contributed by atoms with E-state index in [9.17, 15) is 14.7 Å². The number of cyclic esters (lactones) is 1. The van der Waals surface area contributed by atoms with Crippen molar-refractivity contribution in [3.05, 3.63) is 125 Å². The van der Waals surface area contributed by atoms with Gasteiger partial charge in [0.15, 0.2) is 0 Å². The predicted molar refractivity (Wildman–Crippen MR) is 200 cm³/mol. The van der Waals surface area contributed by atoms with Gasteiger partial charge in [-0.15, -0.1) is 0 Å². The van der Waals surface area contributed by atoms with Gasteiger partial charge in [-0.25, -0.2) is 0 Å². The Morgan fingerprint density at radius 3 is 2.25 bits per heavy atom. The first-order valence-electron chi connectivity index (χ1n) is 18.4. The van der Waals surface area contributed by atoms with E-state index in [2.05, 4.69) is 0 Å². The molecule has 3 aromatic carbocycles. The maximum atomic E-state index is 15.2. The highest BCUT2D eigenvalue weighted by atomic mass is 16.6. The van der Waals surface area contributed by atoms with E-state index in [-0.39, 0.29) is 31.2 Å². The number of esters is 1. The number of likely N-dealkylation sites (N-methyl/N-ethyl adjacent to an activating group) is 1. The van der Waals surface area contributed by atoms with E-state index in [1.165, 1.54) is 4.90 Å². The normalized spacial score (nSPS) is 30.1. The molecule has 8 atom stereocenters. The molecular formula is C43H47N3O7. The first-order valence-corrected chi connectivity index (χ1v) is 18.4. The van der Waals surface area contributed by atoms with Crippen LogP contribution >= 0.6 is 0 Å². The lowest BCUT2D eigenvalue weighted by Crippen LogP contribution is -2.58. The molecule has 0 radical (unpaired) electrons. The molecule has 4 aliphatic rings. The van der Waals surface area contributed by atoms with Gasteiger partial charge in [0, 0.05) is 25.7 Å². The van der Waals surface area contributed by atoms with Gasteiger partial charge >= 0.3 is 5.97 Å². The summed E-state index contributed by atoms with van der Waals surface area (Å²) in [6.07, 6.45) is 6.35. The number of para-hydroxylation sites is 1. The van der Waals surface area contributed by atoms with Gasteiger partial charge in [-0.2, -0.15) is 0 Å². The minimum Gasteiger partial charge on any atom is -0.455 e. The Hall–Kier alpha value is -5.06. The van der Waals surface area contributed by atoms with Gasteiger partial charge < -0.3 is 29.3 Å². The van der Waals surface area contributed by atoms with Crippen molar-refractivity contribution < 1.29 is 33.8 Å². The van der Waals surface area contributed by atoms with E-state index in [0.717, 1.165) is 22.4 Å². The molecule has 10 heteroatoms. The number of hydrogen-bond donors (Lipinski definition) is 1. The van der Waals surface area contributed by atoms with Crippen molar-refractivity contribution in [2.75, 3.05) is 25.1 Å². The molecule has 2 saturated heterocycles. The standard InChI is InChI=1S/C43H47N3O7/c1-27-15-13-16-28(2)37(27)45-24-14-23-43-36(40(49)46(39(43)41(45)50)32(26-47)25-30-17-7-5-8-18-30)35-33(53-43)21-11-12-22-34(48)44(4)29(3)38(52-42(35)51)31-19-9-6-10-20-31/h5-11,13-21,23,29,32-33,35-36,38-39,47H,12,22,24-26H2,1-4H3/b21-11-/t29-,32-,33-,35+,36+,38+,39-,43+/m1/s1. The zero-order chi connectivity index (χ0) is 37.4. The predicted octanol–water partition coefficient (Wildman–Crippen LogP) is 4.87. The number of aliphatic hydroxyl groups excluding tert-OH is 1. The van der Waals surface area contributed by atoms with Gasteiger partial charge in [0.05, 0.1) is 30.7 Å². The third-order valence-electron chi connectivity index (χ3n) is 11.5. The van der Waals surface area contributed by atoms with E-state index in [1.807, 2.05) is 112 Å². The summed E-state index contributed by atoms with van der Waals surface area (Å²) in [7, 11) is 1.71. The summed E-state index contributed by atoms with van der Waals surface area (Å²) >= 11 is 0. The summed E-state index contributed by atoms with van der Waals surface area (Å²) in [5.74, 6) is -3.81. The monoisotopic (exact) mass is 717 g/mol. The summed E-state index contributed by atoms with van der Waals surface area (Å²) in [5.41, 5.74) is 2.59. The Kier molecular flexibility index (Phi) is 10.1. The molecule has 276 valence electrons. The molecule has 4 heterocycles. The molecule has 0 aliphatic carbocycles. The number of allylic oxidation sites excluding steroid dienone is 1. The van der Waals surface area contributed by atoms with Crippen LogP contribution in [0.15, 0.2) is 103 Å². The number of anilines is 1. The van der Waals surface area contributed by atoms with Crippen LogP contribution < -0.4 is 4.90 Å². The SMILES string of the molecule is Cc1cccc(C)c1N1CC=C[C@]23O[C@@H]4/C=C\CCC(=O)N(C)[C@H](C)[C@@H](c5ccccc5)OC(=O)[C@@H]4[C@H]2C(=O)N([C@@H](CO)Cc2ccccc2)[C@@H]3C1=O. The summed E-state index contributed by atoms with van der Waals surface area (Å²) in [4.78, 5) is 63.3. The molecule has 4 aliphatic heterocycles. The van der Waals surface area contributed by atoms with E-state index >= 15 is 9.59 Å². The van der Waals surface area contributed by atoms with Gasteiger partial charge in [0.25, 0.3) is 5.91 Å². The lowest BCUT2D eigenvalue weighted by molar-refractivity contribution is -0.164. The number of aryl methyl sites for hydroxylation is 2. The number of aliphatic hydroxyl groups is 1. The summed E-state index contributed by atoms with van der Waals surface area (Å²) < 4.78 is 13.3. The van der Waals surface area contributed by atoms with Crippen molar-refractivity contribution in [1.29, 1.82) is 0 Å². The van der Waals surface area contributed by atoms with Crippen molar-refractivity contribution in [3.63, 3.8) is 0 Å². The number of nitrogens with zero attached hydrogens (tertiary/aromatic N) is 3. The lowest BCUT2D eigenvalue weighted by atomic mass is 9.77. The third-order valence-corrected chi connectivity index (χ3v) is 11.5. The van der Waals surface area contributed by atoms with E-state index in [4.69, 9.17) is 9.47 Å². The number of carbonyl (C=O) groups excluding carboxylic acids is 4. The molecule has 7 rings (SSSR count). The van der Waals surface area contributed by atoms with Crippen molar-refractivity contribution in [3.8, 4) is 0 Å². The second-order valence-electron chi connectivity index (χ2n) is 14.7. The second kappa shape index (κ2) is 14.8. The van der Waals surface area contributed by atoms with Crippen LogP contribution in [0.2, 0.25) is 0 Å². The zero-order valence-corrected chi connectivity index (χ0v) is 30.6. The minimum absolute atomic E-state index is 0.0951. The van der Waals surface area contributed by atoms with Crippen LogP contribution in [0.5, 0.6) is 0 Å².